The van der Waals surface area contributed by atoms with E-state index in [1.165, 1.54) is 30.2 Å². The number of rotatable bonds is 6. The van der Waals surface area contributed by atoms with Gasteiger partial charge in [-0.15, -0.1) is 0 Å². The average Bonchev–Trinajstić information content (AvgIpc) is 2.65. The summed E-state index contributed by atoms with van der Waals surface area (Å²) in [4.78, 5) is 24.9. The molecule has 132 valence electrons. The molecular weight excluding hydrogens is 324 g/mol. The number of hydrogen-bond acceptors (Lipinski definition) is 5. The third-order valence-electron chi connectivity index (χ3n) is 4.11. The number of nitro groups is 1. The molecule has 0 heterocycles. The van der Waals surface area contributed by atoms with Gasteiger partial charge >= 0.3 is 5.69 Å². The fourth-order valence-electron chi connectivity index (χ4n) is 2.57. The van der Waals surface area contributed by atoms with Crippen LogP contribution in [0.3, 0.4) is 0 Å². The summed E-state index contributed by atoms with van der Waals surface area (Å²) in [7, 11) is 4.56. The highest BCUT2D eigenvalue weighted by Crippen LogP contribution is 2.31. The summed E-state index contributed by atoms with van der Waals surface area (Å²) in [5, 5.41) is 11.1. The number of nitro benzene ring substituents is 1. The van der Waals surface area contributed by atoms with Crippen molar-refractivity contribution in [3.05, 3.63) is 63.7 Å². The zero-order valence-electron chi connectivity index (χ0n) is 14.6. The molecule has 1 amide bonds. The quantitative estimate of drug-likeness (QED) is 0.592. The van der Waals surface area contributed by atoms with Gasteiger partial charge in [0, 0.05) is 24.2 Å². The summed E-state index contributed by atoms with van der Waals surface area (Å²) < 4.78 is 10.3. The third-order valence-corrected chi connectivity index (χ3v) is 4.11. The van der Waals surface area contributed by atoms with E-state index in [2.05, 4.69) is 0 Å². The van der Waals surface area contributed by atoms with Gasteiger partial charge in [0.2, 0.25) is 0 Å². The first-order chi connectivity index (χ1) is 11.9. The molecule has 1 atom stereocenters. The topological polar surface area (TPSA) is 81.9 Å². The van der Waals surface area contributed by atoms with E-state index in [0.29, 0.717) is 5.75 Å². The Morgan fingerprint density at radius 2 is 1.76 bits per heavy atom. The molecule has 0 fully saturated rings. The van der Waals surface area contributed by atoms with Crippen molar-refractivity contribution in [2.75, 3.05) is 21.3 Å². The monoisotopic (exact) mass is 344 g/mol. The molecule has 0 spiro atoms. The van der Waals surface area contributed by atoms with Crippen molar-refractivity contribution in [3.63, 3.8) is 0 Å². The van der Waals surface area contributed by atoms with Gasteiger partial charge in [0.25, 0.3) is 5.91 Å². The minimum Gasteiger partial charge on any atom is -0.496 e. The van der Waals surface area contributed by atoms with Crippen LogP contribution >= 0.6 is 0 Å². The van der Waals surface area contributed by atoms with Gasteiger partial charge in [0.1, 0.15) is 5.75 Å². The zero-order valence-corrected chi connectivity index (χ0v) is 14.6. The summed E-state index contributed by atoms with van der Waals surface area (Å²) in [6, 6.07) is 11.3. The molecule has 7 nitrogen and oxygen atoms in total. The molecule has 2 rings (SSSR count). The third kappa shape index (κ3) is 3.71. The van der Waals surface area contributed by atoms with Crippen molar-refractivity contribution in [2.24, 2.45) is 0 Å². The van der Waals surface area contributed by atoms with Crippen LogP contribution in [0.25, 0.3) is 0 Å². The van der Waals surface area contributed by atoms with Gasteiger partial charge in [0.15, 0.2) is 5.75 Å². The smallest absolute Gasteiger partial charge is 0.311 e. The molecule has 0 N–H and O–H groups in total. The standard InChI is InChI=1S/C18H20N2O5/c1-12(14-7-5-6-8-16(14)24-3)19(2)18(21)13-9-10-17(25-4)15(11-13)20(22)23/h5-12H,1-4H3. The molecule has 2 aromatic rings. The lowest BCUT2D eigenvalue weighted by molar-refractivity contribution is -0.385. The van der Waals surface area contributed by atoms with Gasteiger partial charge in [0.05, 0.1) is 25.2 Å². The molecule has 0 aromatic heterocycles. The summed E-state index contributed by atoms with van der Waals surface area (Å²) in [5.41, 5.74) is 0.826. The molecule has 25 heavy (non-hydrogen) atoms. The van der Waals surface area contributed by atoms with Crippen molar-refractivity contribution >= 4 is 11.6 Å². The fraction of sp³-hybridized carbons (Fsp3) is 0.278. The van der Waals surface area contributed by atoms with Crippen LogP contribution in [0, 0.1) is 10.1 Å². The number of nitrogens with zero attached hydrogens (tertiary/aromatic N) is 2. The van der Waals surface area contributed by atoms with E-state index < -0.39 is 4.92 Å². The van der Waals surface area contributed by atoms with Crippen molar-refractivity contribution in [1.82, 2.24) is 4.90 Å². The average molecular weight is 344 g/mol. The highest BCUT2D eigenvalue weighted by molar-refractivity contribution is 5.95. The number of benzene rings is 2. The minimum absolute atomic E-state index is 0.113. The van der Waals surface area contributed by atoms with E-state index in [1.807, 2.05) is 31.2 Å². The van der Waals surface area contributed by atoms with Gasteiger partial charge < -0.3 is 14.4 Å². The molecule has 1 unspecified atom stereocenters. The highest BCUT2D eigenvalue weighted by Gasteiger charge is 2.24. The number of carbonyl (C=O) groups excluding carboxylic acids is 1. The maximum Gasteiger partial charge on any atom is 0.311 e. The normalized spacial score (nSPS) is 11.5. The van der Waals surface area contributed by atoms with E-state index in [1.54, 1.807) is 14.2 Å². The van der Waals surface area contributed by atoms with Gasteiger partial charge in [-0.05, 0) is 25.1 Å². The van der Waals surface area contributed by atoms with Crippen LogP contribution in [0.4, 0.5) is 5.69 Å². The fourth-order valence-corrected chi connectivity index (χ4v) is 2.57. The van der Waals surface area contributed by atoms with Gasteiger partial charge in [-0.3, -0.25) is 14.9 Å². The second kappa shape index (κ2) is 7.65. The van der Waals surface area contributed by atoms with E-state index >= 15 is 0 Å². The van der Waals surface area contributed by atoms with Gasteiger partial charge in [-0.25, -0.2) is 0 Å². The Balaban J connectivity index is 2.33. The summed E-state index contributed by atoms with van der Waals surface area (Å²) in [6.07, 6.45) is 0. The predicted octanol–water partition coefficient (Wildman–Crippen LogP) is 3.45. The molecule has 0 aliphatic heterocycles. The molecule has 0 bridgehead atoms. The second-order valence-electron chi connectivity index (χ2n) is 5.48. The molecule has 0 radical (unpaired) electrons. The lowest BCUT2D eigenvalue weighted by Gasteiger charge is -2.26. The van der Waals surface area contributed by atoms with E-state index in [0.717, 1.165) is 5.56 Å². The maximum atomic E-state index is 12.8. The first-order valence-electron chi connectivity index (χ1n) is 7.63. The number of amides is 1. The highest BCUT2D eigenvalue weighted by atomic mass is 16.6. The Bertz CT molecular complexity index is 791. The van der Waals surface area contributed by atoms with Crippen molar-refractivity contribution < 1.29 is 19.2 Å². The van der Waals surface area contributed by atoms with Crippen LogP contribution in [0.1, 0.15) is 28.9 Å². The number of methoxy groups -OCH3 is 2. The summed E-state index contributed by atoms with van der Waals surface area (Å²) in [5.74, 6) is 0.460. The van der Waals surface area contributed by atoms with E-state index in [9.17, 15) is 14.9 Å². The zero-order chi connectivity index (χ0) is 18.6. The van der Waals surface area contributed by atoms with Crippen molar-refractivity contribution in [3.8, 4) is 11.5 Å². The number of carbonyl (C=O) groups is 1. The lowest BCUT2D eigenvalue weighted by atomic mass is 10.0. The van der Waals surface area contributed by atoms with Crippen molar-refractivity contribution in [2.45, 2.75) is 13.0 Å². The summed E-state index contributed by atoms with van der Waals surface area (Å²) in [6.45, 7) is 1.87. The predicted molar refractivity (Wildman–Crippen MR) is 93.2 cm³/mol. The largest absolute Gasteiger partial charge is 0.496 e. The van der Waals surface area contributed by atoms with E-state index in [-0.39, 0.29) is 28.9 Å². The maximum absolute atomic E-state index is 12.8. The van der Waals surface area contributed by atoms with Crippen LogP contribution in [0.15, 0.2) is 42.5 Å². The van der Waals surface area contributed by atoms with Crippen LogP contribution in [-0.4, -0.2) is 37.0 Å². The first-order valence-corrected chi connectivity index (χ1v) is 7.63. The van der Waals surface area contributed by atoms with Crippen LogP contribution < -0.4 is 9.47 Å². The molecule has 0 saturated carbocycles. The molecule has 0 aliphatic carbocycles. The SMILES string of the molecule is COc1ccccc1C(C)N(C)C(=O)c1ccc(OC)c([N+](=O)[O-])c1. The first kappa shape index (κ1) is 18.3. The van der Waals surface area contributed by atoms with Crippen LogP contribution in [0.2, 0.25) is 0 Å². The Labute approximate surface area is 145 Å². The molecule has 7 heteroatoms. The molecule has 0 aliphatic rings. The van der Waals surface area contributed by atoms with Gasteiger partial charge in [-0.1, -0.05) is 18.2 Å². The minimum atomic E-state index is -0.570. The summed E-state index contributed by atoms with van der Waals surface area (Å²) >= 11 is 0. The van der Waals surface area contributed by atoms with Crippen molar-refractivity contribution in [1.29, 1.82) is 0 Å². The van der Waals surface area contributed by atoms with E-state index in [4.69, 9.17) is 9.47 Å². The second-order valence-corrected chi connectivity index (χ2v) is 5.48. The number of ether oxygens (including phenoxy) is 2. The van der Waals surface area contributed by atoms with Crippen LogP contribution in [0.5, 0.6) is 11.5 Å². The Hall–Kier alpha value is -3.09. The van der Waals surface area contributed by atoms with Gasteiger partial charge in [-0.2, -0.15) is 0 Å². The number of hydrogen-bond donors (Lipinski definition) is 0. The Kier molecular flexibility index (Phi) is 5.59. The molecule has 0 saturated heterocycles. The Morgan fingerprint density at radius 3 is 2.36 bits per heavy atom. The molecular formula is C18H20N2O5. The number of para-hydroxylation sites is 1. The Morgan fingerprint density at radius 1 is 1.12 bits per heavy atom. The molecule has 2 aromatic carbocycles. The van der Waals surface area contributed by atoms with Crippen LogP contribution in [-0.2, 0) is 0 Å². The lowest BCUT2D eigenvalue weighted by Crippen LogP contribution is -2.30.